The Hall–Kier alpha value is -1.10. The van der Waals surface area contributed by atoms with Crippen LogP contribution in [0.5, 0.6) is 0 Å². The summed E-state index contributed by atoms with van der Waals surface area (Å²) >= 11 is 0. The van der Waals surface area contributed by atoms with Crippen LogP contribution in [0.3, 0.4) is 0 Å². The van der Waals surface area contributed by atoms with Gasteiger partial charge in [-0.2, -0.15) is 0 Å². The minimum absolute atomic E-state index is 0.169. The molecule has 0 unspecified atom stereocenters. The predicted octanol–water partition coefficient (Wildman–Crippen LogP) is 0.563. The highest BCUT2D eigenvalue weighted by Gasteiger charge is 2.17. The van der Waals surface area contributed by atoms with E-state index in [9.17, 15) is 4.79 Å². The van der Waals surface area contributed by atoms with E-state index >= 15 is 0 Å². The molecule has 1 heterocycles. The van der Waals surface area contributed by atoms with E-state index in [0.29, 0.717) is 6.61 Å². The van der Waals surface area contributed by atoms with E-state index < -0.39 is 0 Å². The third-order valence-corrected chi connectivity index (χ3v) is 2.56. The van der Waals surface area contributed by atoms with Gasteiger partial charge in [-0.3, -0.25) is 9.69 Å². The number of amides is 1. The Bertz CT molecular complexity index is 254. The first-order valence-electron chi connectivity index (χ1n) is 5.70. The average molecular weight is 227 g/mol. The molecule has 16 heavy (non-hydrogen) atoms. The zero-order valence-corrected chi connectivity index (χ0v) is 10.4. The fraction of sp³-hybridized carbons (Fsp3) is 0.818. The fourth-order valence-electron chi connectivity index (χ4n) is 1.63. The summed E-state index contributed by atoms with van der Waals surface area (Å²) in [6.45, 7) is 10.4. The average Bonchev–Trinajstić information content (AvgIpc) is 2.25. The Kier molecular flexibility index (Phi) is 5.25. The zero-order valence-electron chi connectivity index (χ0n) is 10.4. The molecule has 5 nitrogen and oxygen atoms in total. The van der Waals surface area contributed by atoms with Crippen LogP contribution in [0.25, 0.3) is 0 Å². The second kappa shape index (κ2) is 6.48. The van der Waals surface area contributed by atoms with Gasteiger partial charge in [0.1, 0.15) is 6.61 Å². The van der Waals surface area contributed by atoms with Crippen LogP contribution in [0.15, 0.2) is 5.16 Å². The molecule has 0 aromatic rings. The van der Waals surface area contributed by atoms with E-state index in [-0.39, 0.29) is 5.91 Å². The van der Waals surface area contributed by atoms with Crippen LogP contribution in [0.2, 0.25) is 0 Å². The molecule has 92 valence electrons. The van der Waals surface area contributed by atoms with E-state index in [4.69, 9.17) is 4.84 Å². The molecule has 0 bridgehead atoms. The van der Waals surface area contributed by atoms with E-state index in [1.165, 1.54) is 0 Å². The van der Waals surface area contributed by atoms with E-state index in [1.54, 1.807) is 6.92 Å². The number of nitrogens with zero attached hydrogens (tertiary/aromatic N) is 3. The summed E-state index contributed by atoms with van der Waals surface area (Å²) in [5, 5.41) is 3.88. The molecule has 1 saturated heterocycles. The molecule has 0 spiro atoms. The summed E-state index contributed by atoms with van der Waals surface area (Å²) in [5.74, 6) is 0.169. The molecule has 0 saturated carbocycles. The lowest BCUT2D eigenvalue weighted by molar-refractivity contribution is -0.130. The number of carbonyl (C=O) groups is 1. The molecule has 1 aliphatic rings. The number of piperazine rings is 1. The smallest absolute Gasteiger partial charge is 0.219 e. The molecule has 0 N–H and O–H groups in total. The maximum absolute atomic E-state index is 11.1. The molecule has 1 rings (SSSR count). The third kappa shape index (κ3) is 4.61. The summed E-state index contributed by atoms with van der Waals surface area (Å²) in [4.78, 5) is 20.4. The lowest BCUT2D eigenvalue weighted by Crippen LogP contribution is -2.48. The quantitative estimate of drug-likeness (QED) is 0.400. The Labute approximate surface area is 97.0 Å². The van der Waals surface area contributed by atoms with Gasteiger partial charge in [0.25, 0.3) is 0 Å². The topological polar surface area (TPSA) is 45.1 Å². The van der Waals surface area contributed by atoms with Gasteiger partial charge in [0.2, 0.25) is 5.91 Å². The fourth-order valence-corrected chi connectivity index (χ4v) is 1.63. The van der Waals surface area contributed by atoms with Gasteiger partial charge in [-0.05, 0) is 13.8 Å². The van der Waals surface area contributed by atoms with Crippen molar-refractivity contribution in [1.82, 2.24) is 9.80 Å². The van der Waals surface area contributed by atoms with Crippen molar-refractivity contribution in [2.45, 2.75) is 20.8 Å². The second-order valence-electron chi connectivity index (χ2n) is 4.22. The van der Waals surface area contributed by atoms with Gasteiger partial charge in [0.05, 0.1) is 5.71 Å². The summed E-state index contributed by atoms with van der Waals surface area (Å²) in [6.07, 6.45) is 0. The first-order valence-corrected chi connectivity index (χ1v) is 5.70. The largest absolute Gasteiger partial charge is 0.395 e. The molecular weight excluding hydrogens is 206 g/mol. The third-order valence-electron chi connectivity index (χ3n) is 2.56. The lowest BCUT2D eigenvalue weighted by Gasteiger charge is -2.33. The molecule has 0 aromatic heterocycles. The number of hydrogen-bond acceptors (Lipinski definition) is 4. The Morgan fingerprint density at radius 1 is 1.19 bits per heavy atom. The molecular formula is C11H21N3O2. The van der Waals surface area contributed by atoms with Crippen molar-refractivity contribution in [2.24, 2.45) is 5.16 Å². The van der Waals surface area contributed by atoms with E-state index in [0.717, 1.165) is 38.4 Å². The number of carbonyl (C=O) groups excluding carboxylic acids is 1. The van der Waals surface area contributed by atoms with Gasteiger partial charge >= 0.3 is 0 Å². The highest BCUT2D eigenvalue weighted by Crippen LogP contribution is 2.01. The van der Waals surface area contributed by atoms with Crippen LogP contribution in [-0.2, 0) is 9.63 Å². The van der Waals surface area contributed by atoms with Crippen LogP contribution < -0.4 is 0 Å². The molecule has 0 atom stereocenters. The van der Waals surface area contributed by atoms with Gasteiger partial charge in [-0.25, -0.2) is 0 Å². The maximum atomic E-state index is 11.1. The van der Waals surface area contributed by atoms with Crippen molar-refractivity contribution in [3.63, 3.8) is 0 Å². The second-order valence-corrected chi connectivity index (χ2v) is 4.22. The highest BCUT2D eigenvalue weighted by atomic mass is 16.6. The number of hydrogen-bond donors (Lipinski definition) is 0. The number of oxime groups is 1. The number of rotatable bonds is 4. The normalized spacial score (nSPS) is 17.1. The Morgan fingerprint density at radius 3 is 2.31 bits per heavy atom. The predicted molar refractivity (Wildman–Crippen MR) is 63.4 cm³/mol. The van der Waals surface area contributed by atoms with Gasteiger partial charge in [0.15, 0.2) is 0 Å². The van der Waals surface area contributed by atoms with Crippen LogP contribution in [0, 0.1) is 0 Å². The van der Waals surface area contributed by atoms with Crippen LogP contribution >= 0.6 is 0 Å². The van der Waals surface area contributed by atoms with Crippen LogP contribution in [0.1, 0.15) is 20.8 Å². The SMILES string of the molecule is CC(=O)N1CCN(CCON=C(C)C)CC1. The lowest BCUT2D eigenvalue weighted by atomic mass is 10.3. The summed E-state index contributed by atoms with van der Waals surface area (Å²) in [5.41, 5.74) is 0.932. The first-order chi connectivity index (χ1) is 7.59. The van der Waals surface area contributed by atoms with Gasteiger partial charge < -0.3 is 9.74 Å². The van der Waals surface area contributed by atoms with Crippen molar-refractivity contribution < 1.29 is 9.63 Å². The standard InChI is InChI=1S/C11H21N3O2/c1-10(2)12-16-9-8-13-4-6-14(7-5-13)11(3)15/h4-9H2,1-3H3. The van der Waals surface area contributed by atoms with Crippen molar-refractivity contribution >= 4 is 11.6 Å². The van der Waals surface area contributed by atoms with Crippen molar-refractivity contribution in [3.8, 4) is 0 Å². The molecule has 1 aliphatic heterocycles. The monoisotopic (exact) mass is 227 g/mol. The minimum Gasteiger partial charge on any atom is -0.395 e. The summed E-state index contributed by atoms with van der Waals surface area (Å²) in [7, 11) is 0. The van der Waals surface area contributed by atoms with Gasteiger partial charge in [-0.15, -0.1) is 0 Å². The zero-order chi connectivity index (χ0) is 12.0. The molecule has 5 heteroatoms. The van der Waals surface area contributed by atoms with Gasteiger partial charge in [-0.1, -0.05) is 5.16 Å². The van der Waals surface area contributed by atoms with Crippen molar-refractivity contribution in [3.05, 3.63) is 0 Å². The first kappa shape index (κ1) is 13.0. The van der Waals surface area contributed by atoms with E-state index in [2.05, 4.69) is 10.1 Å². The minimum atomic E-state index is 0.169. The maximum Gasteiger partial charge on any atom is 0.219 e. The van der Waals surface area contributed by atoms with Crippen molar-refractivity contribution in [2.75, 3.05) is 39.3 Å². The highest BCUT2D eigenvalue weighted by molar-refractivity contribution is 5.78. The molecule has 0 radical (unpaired) electrons. The Balaban J connectivity index is 2.13. The molecule has 1 amide bonds. The summed E-state index contributed by atoms with van der Waals surface area (Å²) in [6, 6.07) is 0. The van der Waals surface area contributed by atoms with Crippen LogP contribution in [-0.4, -0.2) is 60.7 Å². The van der Waals surface area contributed by atoms with Crippen LogP contribution in [0.4, 0.5) is 0 Å². The molecule has 1 fully saturated rings. The molecule has 0 aromatic carbocycles. The van der Waals surface area contributed by atoms with Crippen molar-refractivity contribution in [1.29, 1.82) is 0 Å². The summed E-state index contributed by atoms with van der Waals surface area (Å²) < 4.78 is 0. The van der Waals surface area contributed by atoms with Gasteiger partial charge in [0, 0.05) is 39.6 Å². The Morgan fingerprint density at radius 2 is 1.81 bits per heavy atom. The molecule has 0 aliphatic carbocycles. The van der Waals surface area contributed by atoms with E-state index in [1.807, 2.05) is 18.7 Å².